The highest BCUT2D eigenvalue weighted by molar-refractivity contribution is 4.95. The third-order valence-corrected chi connectivity index (χ3v) is 3.61. The molecule has 2 aromatic rings. The molecule has 0 saturated carbocycles. The molecule has 0 atom stereocenters. The number of aromatic nitrogens is 5. The average Bonchev–Trinajstić information content (AvgIpc) is 3.11. The van der Waals surface area contributed by atoms with Gasteiger partial charge in [0.25, 0.3) is 0 Å². The van der Waals surface area contributed by atoms with Gasteiger partial charge in [0.2, 0.25) is 0 Å². The molecule has 3 heterocycles. The van der Waals surface area contributed by atoms with E-state index in [4.69, 9.17) is 0 Å². The zero-order valence-electron chi connectivity index (χ0n) is 11.9. The predicted octanol–water partition coefficient (Wildman–Crippen LogP) is 0.0999. The second-order valence-corrected chi connectivity index (χ2v) is 5.07. The van der Waals surface area contributed by atoms with E-state index in [-0.39, 0.29) is 0 Å². The normalized spacial score (nSPS) is 15.4. The third kappa shape index (κ3) is 3.05. The molecule has 0 saturated heterocycles. The summed E-state index contributed by atoms with van der Waals surface area (Å²) < 4.78 is 4.15. The van der Waals surface area contributed by atoms with Gasteiger partial charge in [-0.1, -0.05) is 12.1 Å². The minimum atomic E-state index is 0.789. The second kappa shape index (κ2) is 6.15. The van der Waals surface area contributed by atoms with Gasteiger partial charge in [0.05, 0.1) is 18.8 Å². The third-order valence-electron chi connectivity index (χ3n) is 3.61. The fraction of sp³-hybridized carbons (Fsp3) is 0.615. The molecule has 0 aromatic carbocycles. The topological polar surface area (TPSA) is 63.8 Å². The maximum Gasteiger partial charge on any atom is 0.122 e. The molecule has 2 aromatic heterocycles. The molecule has 0 aliphatic carbocycles. The van der Waals surface area contributed by atoms with E-state index in [1.807, 2.05) is 17.1 Å². The van der Waals surface area contributed by atoms with Crippen molar-refractivity contribution >= 4 is 0 Å². The average molecular weight is 275 g/mol. The van der Waals surface area contributed by atoms with Crippen molar-refractivity contribution in [3.05, 3.63) is 30.1 Å². The van der Waals surface area contributed by atoms with Crippen LogP contribution in [0.1, 0.15) is 18.4 Å². The molecule has 1 aliphatic heterocycles. The zero-order chi connectivity index (χ0) is 13.8. The van der Waals surface area contributed by atoms with Crippen molar-refractivity contribution in [2.45, 2.75) is 33.1 Å². The monoisotopic (exact) mass is 275 g/mol. The number of nitrogens with one attached hydrogen (secondary N) is 1. The number of fused-ring (bicyclic) bond motifs is 1. The van der Waals surface area contributed by atoms with E-state index in [0.717, 1.165) is 57.3 Å². The predicted molar refractivity (Wildman–Crippen MR) is 74.9 cm³/mol. The van der Waals surface area contributed by atoms with E-state index >= 15 is 0 Å². The zero-order valence-corrected chi connectivity index (χ0v) is 11.9. The molecular formula is C13H21N7. The van der Waals surface area contributed by atoms with E-state index in [2.05, 4.69) is 43.2 Å². The Morgan fingerprint density at radius 3 is 3.15 bits per heavy atom. The van der Waals surface area contributed by atoms with E-state index < -0.39 is 0 Å². The first-order chi connectivity index (χ1) is 9.85. The van der Waals surface area contributed by atoms with Crippen molar-refractivity contribution < 1.29 is 0 Å². The number of hydrogen-bond donors (Lipinski definition) is 1. The molecule has 0 fully saturated rings. The van der Waals surface area contributed by atoms with Crippen molar-refractivity contribution in [1.29, 1.82) is 0 Å². The molecule has 0 amide bonds. The summed E-state index contributed by atoms with van der Waals surface area (Å²) in [5.74, 6) is 1.16. The molecule has 0 bridgehead atoms. The number of rotatable bonds is 6. The Morgan fingerprint density at radius 1 is 1.30 bits per heavy atom. The molecule has 3 rings (SSSR count). The van der Waals surface area contributed by atoms with Crippen LogP contribution in [0.25, 0.3) is 0 Å². The van der Waals surface area contributed by atoms with Crippen LogP contribution in [0.15, 0.2) is 18.6 Å². The summed E-state index contributed by atoms with van der Waals surface area (Å²) >= 11 is 0. The lowest BCUT2D eigenvalue weighted by atomic mass is 10.3. The SMILES string of the molecule is CCNCc1cn(CCN2CCn3ccnc3C2)nn1. The van der Waals surface area contributed by atoms with E-state index in [9.17, 15) is 0 Å². The first-order valence-electron chi connectivity index (χ1n) is 7.17. The number of hydrogen-bond acceptors (Lipinski definition) is 5. The Kier molecular flexibility index (Phi) is 4.08. The largest absolute Gasteiger partial charge is 0.333 e. The second-order valence-electron chi connectivity index (χ2n) is 5.07. The summed E-state index contributed by atoms with van der Waals surface area (Å²) in [6.45, 7) is 8.71. The van der Waals surface area contributed by atoms with Gasteiger partial charge in [-0.05, 0) is 6.54 Å². The van der Waals surface area contributed by atoms with Crippen LogP contribution in [-0.2, 0) is 26.2 Å². The highest BCUT2D eigenvalue weighted by Crippen LogP contribution is 2.09. The van der Waals surface area contributed by atoms with Crippen LogP contribution in [-0.4, -0.2) is 49.1 Å². The van der Waals surface area contributed by atoms with Gasteiger partial charge in [-0.15, -0.1) is 5.10 Å². The summed E-state index contributed by atoms with van der Waals surface area (Å²) in [6, 6.07) is 0. The summed E-state index contributed by atoms with van der Waals surface area (Å²) in [6.07, 6.45) is 5.95. The van der Waals surface area contributed by atoms with Gasteiger partial charge in [-0.2, -0.15) is 0 Å². The standard InChI is InChI=1S/C13H21N7/c1-2-14-9-12-10-20(17-16-12)8-6-18-5-7-19-4-3-15-13(19)11-18/h3-4,10,14H,2,5-9,11H2,1H3. The molecule has 7 nitrogen and oxygen atoms in total. The minimum Gasteiger partial charge on any atom is -0.333 e. The summed E-state index contributed by atoms with van der Waals surface area (Å²) in [4.78, 5) is 6.79. The van der Waals surface area contributed by atoms with Crippen molar-refractivity contribution in [2.24, 2.45) is 0 Å². The van der Waals surface area contributed by atoms with Gasteiger partial charge in [0.1, 0.15) is 5.82 Å². The van der Waals surface area contributed by atoms with Crippen LogP contribution < -0.4 is 5.32 Å². The Morgan fingerprint density at radius 2 is 2.25 bits per heavy atom. The van der Waals surface area contributed by atoms with E-state index in [0.29, 0.717) is 0 Å². The highest BCUT2D eigenvalue weighted by Gasteiger charge is 2.16. The molecule has 7 heteroatoms. The minimum absolute atomic E-state index is 0.789. The first kappa shape index (κ1) is 13.3. The fourth-order valence-corrected chi connectivity index (χ4v) is 2.44. The van der Waals surface area contributed by atoms with E-state index in [1.54, 1.807) is 0 Å². The van der Waals surface area contributed by atoms with Crippen LogP contribution in [0, 0.1) is 0 Å². The molecule has 0 radical (unpaired) electrons. The van der Waals surface area contributed by atoms with Crippen molar-refractivity contribution in [2.75, 3.05) is 19.6 Å². The van der Waals surface area contributed by atoms with Crippen LogP contribution in [0.4, 0.5) is 0 Å². The quantitative estimate of drug-likeness (QED) is 0.810. The van der Waals surface area contributed by atoms with Crippen molar-refractivity contribution in [3.8, 4) is 0 Å². The summed E-state index contributed by atoms with van der Waals surface area (Å²) in [5, 5.41) is 11.6. The molecule has 20 heavy (non-hydrogen) atoms. The maximum absolute atomic E-state index is 4.38. The number of imidazole rings is 1. The lowest BCUT2D eigenvalue weighted by Gasteiger charge is -2.27. The van der Waals surface area contributed by atoms with Crippen LogP contribution in [0.2, 0.25) is 0 Å². The van der Waals surface area contributed by atoms with Gasteiger partial charge in [0, 0.05) is 44.8 Å². The van der Waals surface area contributed by atoms with Crippen LogP contribution in [0.5, 0.6) is 0 Å². The smallest absolute Gasteiger partial charge is 0.122 e. The van der Waals surface area contributed by atoms with Gasteiger partial charge in [-0.3, -0.25) is 9.58 Å². The molecule has 108 valence electrons. The molecular weight excluding hydrogens is 254 g/mol. The van der Waals surface area contributed by atoms with E-state index in [1.165, 1.54) is 0 Å². The fourth-order valence-electron chi connectivity index (χ4n) is 2.44. The van der Waals surface area contributed by atoms with Crippen LogP contribution in [0.3, 0.4) is 0 Å². The summed E-state index contributed by atoms with van der Waals surface area (Å²) in [5.41, 5.74) is 1.00. The Balaban J connectivity index is 1.49. The van der Waals surface area contributed by atoms with Crippen LogP contribution >= 0.6 is 0 Å². The molecule has 1 N–H and O–H groups in total. The molecule has 1 aliphatic rings. The lowest BCUT2D eigenvalue weighted by molar-refractivity contribution is 0.206. The highest BCUT2D eigenvalue weighted by atomic mass is 15.4. The Bertz CT molecular complexity index is 544. The van der Waals surface area contributed by atoms with Gasteiger partial charge >= 0.3 is 0 Å². The lowest BCUT2D eigenvalue weighted by Crippen LogP contribution is -2.35. The Hall–Kier alpha value is -1.73. The maximum atomic E-state index is 4.38. The Labute approximate surface area is 118 Å². The number of nitrogens with zero attached hydrogens (tertiary/aromatic N) is 6. The van der Waals surface area contributed by atoms with Gasteiger partial charge < -0.3 is 9.88 Å². The van der Waals surface area contributed by atoms with Crippen molar-refractivity contribution in [1.82, 2.24) is 34.8 Å². The summed E-state index contributed by atoms with van der Waals surface area (Å²) in [7, 11) is 0. The molecule has 0 unspecified atom stereocenters. The first-order valence-corrected chi connectivity index (χ1v) is 7.17. The van der Waals surface area contributed by atoms with Gasteiger partial charge in [0.15, 0.2) is 0 Å². The van der Waals surface area contributed by atoms with Gasteiger partial charge in [-0.25, -0.2) is 4.98 Å². The van der Waals surface area contributed by atoms with Crippen molar-refractivity contribution in [3.63, 3.8) is 0 Å². The molecule has 0 spiro atoms.